The van der Waals surface area contributed by atoms with Crippen LogP contribution in [0.3, 0.4) is 0 Å². The number of nitro benzene ring substituents is 1. The summed E-state index contributed by atoms with van der Waals surface area (Å²) in [6.45, 7) is 0.276. The number of amides is 1. The molecule has 0 aliphatic carbocycles. The molecule has 1 heterocycles. The molecule has 1 aliphatic heterocycles. The number of carbonyl (C=O) groups is 1. The highest BCUT2D eigenvalue weighted by molar-refractivity contribution is 6.01. The van der Waals surface area contributed by atoms with Gasteiger partial charge >= 0.3 is 6.18 Å². The lowest BCUT2D eigenvalue weighted by atomic mass is 10.0. The van der Waals surface area contributed by atoms with Crippen LogP contribution in [0.2, 0.25) is 0 Å². The van der Waals surface area contributed by atoms with Crippen LogP contribution in [0.15, 0.2) is 42.5 Å². The van der Waals surface area contributed by atoms with Gasteiger partial charge in [0.2, 0.25) is 0 Å². The summed E-state index contributed by atoms with van der Waals surface area (Å²) in [6.07, 6.45) is -5.38. The van der Waals surface area contributed by atoms with Crippen molar-refractivity contribution in [3.8, 4) is 0 Å². The number of para-hydroxylation sites is 1. The van der Waals surface area contributed by atoms with Crippen LogP contribution in [0.5, 0.6) is 0 Å². The average molecular weight is 379 g/mol. The number of rotatable bonds is 4. The monoisotopic (exact) mass is 379 g/mol. The molecule has 0 saturated heterocycles. The second-order valence-electron chi connectivity index (χ2n) is 6.14. The van der Waals surface area contributed by atoms with Crippen LogP contribution in [0, 0.1) is 10.1 Å². The van der Waals surface area contributed by atoms with Gasteiger partial charge in [-0.05, 0) is 18.6 Å². The largest absolute Gasteiger partial charge is 0.406 e. The fourth-order valence-electron chi connectivity index (χ4n) is 3.13. The molecule has 1 amide bonds. The number of halogens is 3. The molecule has 0 bridgehead atoms. The van der Waals surface area contributed by atoms with Crippen molar-refractivity contribution in [2.45, 2.75) is 25.7 Å². The molecule has 27 heavy (non-hydrogen) atoms. The molecule has 0 unspecified atom stereocenters. The van der Waals surface area contributed by atoms with Crippen LogP contribution >= 0.6 is 0 Å². The highest BCUT2D eigenvalue weighted by Gasteiger charge is 2.41. The molecule has 2 aromatic rings. The van der Waals surface area contributed by atoms with Gasteiger partial charge in [0.1, 0.15) is 12.7 Å². The lowest BCUT2D eigenvalue weighted by Crippen LogP contribution is -2.47. The minimum absolute atomic E-state index is 0.123. The van der Waals surface area contributed by atoms with E-state index < -0.39 is 29.7 Å². The van der Waals surface area contributed by atoms with Crippen molar-refractivity contribution in [3.63, 3.8) is 0 Å². The number of nitrogens with one attached hydrogen (secondary N) is 1. The summed E-state index contributed by atoms with van der Waals surface area (Å²) in [5, 5.41) is 14.2. The SMILES string of the molecule is CCc1ccc([C@@H]2Nc3ccccc3C(=O)N2CC(F)(F)F)cc1[N+](=O)[O-]. The Kier molecular flexibility index (Phi) is 4.77. The molecule has 6 nitrogen and oxygen atoms in total. The summed E-state index contributed by atoms with van der Waals surface area (Å²) < 4.78 is 39.2. The summed E-state index contributed by atoms with van der Waals surface area (Å²) >= 11 is 0. The zero-order chi connectivity index (χ0) is 19.8. The first-order chi connectivity index (χ1) is 12.7. The molecular formula is C18H16F3N3O3. The average Bonchev–Trinajstić information content (AvgIpc) is 2.62. The summed E-state index contributed by atoms with van der Waals surface area (Å²) in [4.78, 5) is 24.1. The van der Waals surface area contributed by atoms with Crippen molar-refractivity contribution in [1.82, 2.24) is 4.90 Å². The minimum atomic E-state index is -4.61. The molecule has 0 saturated carbocycles. The van der Waals surface area contributed by atoms with E-state index in [1.54, 1.807) is 25.1 Å². The first-order valence-electron chi connectivity index (χ1n) is 8.21. The van der Waals surface area contributed by atoms with Crippen molar-refractivity contribution < 1.29 is 22.9 Å². The van der Waals surface area contributed by atoms with Crippen LogP contribution in [0.4, 0.5) is 24.5 Å². The van der Waals surface area contributed by atoms with E-state index >= 15 is 0 Å². The Morgan fingerprint density at radius 2 is 1.93 bits per heavy atom. The van der Waals surface area contributed by atoms with Crippen molar-refractivity contribution in [2.24, 2.45) is 0 Å². The number of alkyl halides is 3. The molecule has 0 radical (unpaired) electrons. The highest BCUT2D eigenvalue weighted by atomic mass is 19.4. The molecule has 1 aliphatic rings. The third kappa shape index (κ3) is 3.71. The number of anilines is 1. The van der Waals surface area contributed by atoms with E-state index in [1.807, 2.05) is 0 Å². The van der Waals surface area contributed by atoms with Crippen molar-refractivity contribution in [2.75, 3.05) is 11.9 Å². The Morgan fingerprint density at radius 3 is 2.56 bits per heavy atom. The van der Waals surface area contributed by atoms with Crippen molar-refractivity contribution >= 4 is 17.3 Å². The van der Waals surface area contributed by atoms with Crippen LogP contribution in [-0.2, 0) is 6.42 Å². The van der Waals surface area contributed by atoms with E-state index in [1.165, 1.54) is 24.3 Å². The number of hydrogen-bond acceptors (Lipinski definition) is 4. The minimum Gasteiger partial charge on any atom is -0.361 e. The molecular weight excluding hydrogens is 363 g/mol. The van der Waals surface area contributed by atoms with Crippen molar-refractivity contribution in [1.29, 1.82) is 0 Å². The maximum absolute atomic E-state index is 13.1. The second-order valence-corrected chi connectivity index (χ2v) is 6.14. The van der Waals surface area contributed by atoms with E-state index in [0.717, 1.165) is 0 Å². The van der Waals surface area contributed by atoms with Gasteiger partial charge in [-0.15, -0.1) is 0 Å². The number of carbonyl (C=O) groups excluding carboxylic acids is 1. The Hall–Kier alpha value is -3.10. The molecule has 0 fully saturated rings. The quantitative estimate of drug-likeness (QED) is 0.635. The molecule has 0 spiro atoms. The zero-order valence-corrected chi connectivity index (χ0v) is 14.3. The molecule has 9 heteroatoms. The molecule has 0 aromatic heterocycles. The molecule has 1 N–H and O–H groups in total. The normalized spacial score (nSPS) is 16.7. The second kappa shape index (κ2) is 6.90. The predicted octanol–water partition coefficient (Wildman–Crippen LogP) is 4.29. The summed E-state index contributed by atoms with van der Waals surface area (Å²) in [7, 11) is 0. The number of hydrogen-bond donors (Lipinski definition) is 1. The van der Waals surface area contributed by atoms with E-state index in [-0.39, 0.29) is 16.8 Å². The van der Waals surface area contributed by atoms with Crippen LogP contribution < -0.4 is 5.32 Å². The third-order valence-corrected chi connectivity index (χ3v) is 4.37. The summed E-state index contributed by atoms with van der Waals surface area (Å²) in [5.74, 6) is -0.783. The standard InChI is InChI=1S/C18H16F3N3O3/c1-2-11-7-8-12(9-15(11)24(26)27)16-22-14-6-4-3-5-13(14)17(25)23(16)10-18(19,20)21/h3-9,16,22H,2,10H2,1H3/t16-/m1/s1. The highest BCUT2D eigenvalue weighted by Crippen LogP contribution is 2.36. The number of nitrogens with zero attached hydrogens (tertiary/aromatic N) is 2. The molecule has 3 rings (SSSR count). The van der Waals surface area contributed by atoms with Gasteiger partial charge in [0, 0.05) is 22.9 Å². The fraction of sp³-hybridized carbons (Fsp3) is 0.278. The lowest BCUT2D eigenvalue weighted by molar-refractivity contribution is -0.385. The number of fused-ring (bicyclic) bond motifs is 1. The molecule has 1 atom stereocenters. The molecule has 142 valence electrons. The number of benzene rings is 2. The third-order valence-electron chi connectivity index (χ3n) is 4.37. The predicted molar refractivity (Wildman–Crippen MR) is 92.4 cm³/mol. The first kappa shape index (κ1) is 18.7. The topological polar surface area (TPSA) is 75.5 Å². The maximum atomic E-state index is 13.1. The van der Waals surface area contributed by atoms with E-state index in [9.17, 15) is 28.1 Å². The van der Waals surface area contributed by atoms with Gasteiger partial charge in [0.15, 0.2) is 0 Å². The number of nitro groups is 1. The summed E-state index contributed by atoms with van der Waals surface area (Å²) in [5.41, 5.74) is 1.00. The van der Waals surface area contributed by atoms with E-state index in [4.69, 9.17) is 0 Å². The summed E-state index contributed by atoms with van der Waals surface area (Å²) in [6, 6.07) is 10.5. The van der Waals surface area contributed by atoms with Gasteiger partial charge in [-0.1, -0.05) is 31.2 Å². The smallest absolute Gasteiger partial charge is 0.361 e. The van der Waals surface area contributed by atoms with Crippen molar-refractivity contribution in [3.05, 3.63) is 69.3 Å². The van der Waals surface area contributed by atoms with Gasteiger partial charge in [0.05, 0.1) is 10.5 Å². The first-order valence-corrected chi connectivity index (χ1v) is 8.21. The van der Waals surface area contributed by atoms with Gasteiger partial charge in [-0.3, -0.25) is 14.9 Å². The van der Waals surface area contributed by atoms with Crippen LogP contribution in [0.1, 0.15) is 34.6 Å². The zero-order valence-electron chi connectivity index (χ0n) is 14.3. The Bertz CT molecular complexity index is 899. The fourth-order valence-corrected chi connectivity index (χ4v) is 3.13. The molecule has 2 aromatic carbocycles. The Balaban J connectivity index is 2.10. The van der Waals surface area contributed by atoms with Gasteiger partial charge < -0.3 is 10.2 Å². The van der Waals surface area contributed by atoms with Crippen LogP contribution in [-0.4, -0.2) is 28.5 Å². The Morgan fingerprint density at radius 1 is 1.22 bits per heavy atom. The van der Waals surface area contributed by atoms with Gasteiger partial charge in [-0.2, -0.15) is 13.2 Å². The Labute approximate surface area is 152 Å². The van der Waals surface area contributed by atoms with Crippen LogP contribution in [0.25, 0.3) is 0 Å². The maximum Gasteiger partial charge on any atom is 0.406 e. The van der Waals surface area contributed by atoms with E-state index in [2.05, 4.69) is 5.32 Å². The van der Waals surface area contributed by atoms with E-state index in [0.29, 0.717) is 22.6 Å². The van der Waals surface area contributed by atoms with Gasteiger partial charge in [0.25, 0.3) is 11.6 Å². The number of aryl methyl sites for hydroxylation is 1. The van der Waals surface area contributed by atoms with Gasteiger partial charge in [-0.25, -0.2) is 0 Å². The lowest BCUT2D eigenvalue weighted by Gasteiger charge is -2.38.